The van der Waals surface area contributed by atoms with Crippen molar-refractivity contribution in [3.63, 3.8) is 0 Å². The molecule has 1 N–H and O–H groups in total. The maximum Gasteiger partial charge on any atom is 0.224 e. The highest BCUT2D eigenvalue weighted by Crippen LogP contribution is 2.19. The topological polar surface area (TPSA) is 58.4 Å². The summed E-state index contributed by atoms with van der Waals surface area (Å²) < 4.78 is 5.15. The zero-order chi connectivity index (χ0) is 16.9. The molecule has 1 saturated heterocycles. The summed E-state index contributed by atoms with van der Waals surface area (Å²) in [6, 6.07) is 10.4. The van der Waals surface area contributed by atoms with Crippen LogP contribution in [0.3, 0.4) is 0 Å². The van der Waals surface area contributed by atoms with E-state index in [0.717, 1.165) is 49.5 Å². The smallest absolute Gasteiger partial charge is 0.224 e. The van der Waals surface area contributed by atoms with E-state index in [-0.39, 0.29) is 11.8 Å². The molecule has 0 bridgehead atoms. The van der Waals surface area contributed by atoms with Gasteiger partial charge in [0.25, 0.3) is 0 Å². The van der Waals surface area contributed by atoms with Crippen molar-refractivity contribution in [1.82, 2.24) is 15.4 Å². The number of aryl methyl sites for hydroxylation is 2. The van der Waals surface area contributed by atoms with Crippen molar-refractivity contribution < 1.29 is 9.32 Å². The first-order valence-corrected chi connectivity index (χ1v) is 8.59. The van der Waals surface area contributed by atoms with Gasteiger partial charge in [-0.3, -0.25) is 9.69 Å². The van der Waals surface area contributed by atoms with Gasteiger partial charge in [-0.2, -0.15) is 0 Å². The molecular formula is C19H25N3O2. The number of likely N-dealkylation sites (tertiary alicyclic amines) is 1. The summed E-state index contributed by atoms with van der Waals surface area (Å²) in [5.74, 6) is 0.970. The van der Waals surface area contributed by atoms with Crippen molar-refractivity contribution in [2.45, 2.75) is 39.8 Å². The molecule has 1 fully saturated rings. The number of carbonyl (C=O) groups is 1. The lowest BCUT2D eigenvalue weighted by Crippen LogP contribution is -2.42. The Hall–Kier alpha value is -2.14. The van der Waals surface area contributed by atoms with Crippen molar-refractivity contribution in [3.05, 3.63) is 52.9 Å². The molecule has 1 atom stereocenters. The molecule has 0 aliphatic carbocycles. The second-order valence-corrected chi connectivity index (χ2v) is 6.58. The zero-order valence-electron chi connectivity index (χ0n) is 14.4. The van der Waals surface area contributed by atoms with Gasteiger partial charge in [-0.15, -0.1) is 0 Å². The fourth-order valence-corrected chi connectivity index (χ4v) is 3.33. The highest BCUT2D eigenvalue weighted by molar-refractivity contribution is 5.79. The Labute approximate surface area is 143 Å². The number of nitrogens with zero attached hydrogens (tertiary/aromatic N) is 2. The molecule has 1 aromatic heterocycles. The molecule has 0 radical (unpaired) electrons. The van der Waals surface area contributed by atoms with Crippen LogP contribution in [-0.2, 0) is 17.9 Å². The summed E-state index contributed by atoms with van der Waals surface area (Å²) in [6.07, 6.45) is 2.02. The molecule has 0 saturated carbocycles. The van der Waals surface area contributed by atoms with E-state index in [1.807, 2.05) is 19.9 Å². The number of benzene rings is 1. The Bertz CT molecular complexity index is 662. The SMILES string of the molecule is Cc1noc(C)c1CNC(=O)[C@@H]1CCCN(Cc2ccccc2)C1. The van der Waals surface area contributed by atoms with Crippen molar-refractivity contribution in [1.29, 1.82) is 0 Å². The number of aromatic nitrogens is 1. The number of amides is 1. The van der Waals surface area contributed by atoms with Crippen molar-refractivity contribution in [2.75, 3.05) is 13.1 Å². The first-order chi connectivity index (χ1) is 11.6. The Balaban J connectivity index is 1.53. The maximum atomic E-state index is 12.5. The van der Waals surface area contributed by atoms with Gasteiger partial charge in [0.15, 0.2) is 0 Å². The number of piperidine rings is 1. The van der Waals surface area contributed by atoms with Gasteiger partial charge in [-0.25, -0.2) is 0 Å². The summed E-state index contributed by atoms with van der Waals surface area (Å²) in [7, 11) is 0. The largest absolute Gasteiger partial charge is 0.361 e. The Morgan fingerprint density at radius 3 is 2.83 bits per heavy atom. The van der Waals surface area contributed by atoms with Crippen LogP contribution in [-0.4, -0.2) is 29.1 Å². The molecule has 3 rings (SSSR count). The van der Waals surface area contributed by atoms with Gasteiger partial charge in [0, 0.05) is 25.2 Å². The lowest BCUT2D eigenvalue weighted by atomic mass is 9.96. The van der Waals surface area contributed by atoms with E-state index in [1.54, 1.807) is 0 Å². The van der Waals surface area contributed by atoms with E-state index in [9.17, 15) is 4.79 Å². The molecule has 5 heteroatoms. The fraction of sp³-hybridized carbons (Fsp3) is 0.474. The quantitative estimate of drug-likeness (QED) is 0.917. The molecule has 24 heavy (non-hydrogen) atoms. The molecule has 1 aliphatic heterocycles. The zero-order valence-corrected chi connectivity index (χ0v) is 14.4. The molecule has 2 heterocycles. The van der Waals surface area contributed by atoms with Gasteiger partial charge >= 0.3 is 0 Å². The van der Waals surface area contributed by atoms with E-state index < -0.39 is 0 Å². The van der Waals surface area contributed by atoms with Crippen LogP contribution in [0.4, 0.5) is 0 Å². The molecular weight excluding hydrogens is 302 g/mol. The number of carbonyl (C=O) groups excluding carboxylic acids is 1. The highest BCUT2D eigenvalue weighted by Gasteiger charge is 2.26. The van der Waals surface area contributed by atoms with Crippen LogP contribution in [0.25, 0.3) is 0 Å². The second kappa shape index (κ2) is 7.62. The summed E-state index contributed by atoms with van der Waals surface area (Å²) in [4.78, 5) is 14.9. The number of hydrogen-bond donors (Lipinski definition) is 1. The van der Waals surface area contributed by atoms with Crippen LogP contribution < -0.4 is 5.32 Å². The third kappa shape index (κ3) is 4.03. The van der Waals surface area contributed by atoms with E-state index in [1.165, 1.54) is 5.56 Å². The van der Waals surface area contributed by atoms with Crippen LogP contribution >= 0.6 is 0 Å². The second-order valence-electron chi connectivity index (χ2n) is 6.58. The van der Waals surface area contributed by atoms with Gasteiger partial charge in [-0.05, 0) is 38.8 Å². The van der Waals surface area contributed by atoms with Crippen molar-refractivity contribution >= 4 is 5.91 Å². The lowest BCUT2D eigenvalue weighted by molar-refractivity contribution is -0.126. The van der Waals surface area contributed by atoms with Gasteiger partial charge in [0.1, 0.15) is 5.76 Å². The number of rotatable bonds is 5. The molecule has 1 aromatic carbocycles. The highest BCUT2D eigenvalue weighted by atomic mass is 16.5. The Morgan fingerprint density at radius 1 is 1.33 bits per heavy atom. The van der Waals surface area contributed by atoms with Crippen molar-refractivity contribution in [3.8, 4) is 0 Å². The summed E-state index contributed by atoms with van der Waals surface area (Å²) in [5.41, 5.74) is 3.14. The normalized spacial score (nSPS) is 18.5. The summed E-state index contributed by atoms with van der Waals surface area (Å²) in [6.45, 7) is 7.07. The van der Waals surface area contributed by atoms with E-state index in [0.29, 0.717) is 6.54 Å². The van der Waals surface area contributed by atoms with Crippen LogP contribution in [0.1, 0.15) is 35.4 Å². The fourth-order valence-electron chi connectivity index (χ4n) is 3.33. The standard InChI is InChI=1S/C19H25N3O2/c1-14-18(15(2)24-21-14)11-20-19(23)17-9-6-10-22(13-17)12-16-7-4-3-5-8-16/h3-5,7-8,17H,6,9-13H2,1-2H3,(H,20,23)/t17-/m1/s1. The predicted octanol–water partition coefficient (Wildman–Crippen LogP) is 2.82. The number of hydrogen-bond acceptors (Lipinski definition) is 4. The minimum absolute atomic E-state index is 0.0583. The number of nitrogens with one attached hydrogen (secondary N) is 1. The van der Waals surface area contributed by atoms with Crippen LogP contribution in [0.15, 0.2) is 34.9 Å². The van der Waals surface area contributed by atoms with Crippen LogP contribution in [0.5, 0.6) is 0 Å². The molecule has 128 valence electrons. The third-order valence-electron chi connectivity index (χ3n) is 4.75. The molecule has 0 unspecified atom stereocenters. The van der Waals surface area contributed by atoms with E-state index in [4.69, 9.17) is 4.52 Å². The minimum atomic E-state index is 0.0583. The Kier molecular flexibility index (Phi) is 5.30. The predicted molar refractivity (Wildman–Crippen MR) is 92.3 cm³/mol. The van der Waals surface area contributed by atoms with E-state index in [2.05, 4.69) is 39.6 Å². The maximum absolute atomic E-state index is 12.5. The molecule has 0 spiro atoms. The van der Waals surface area contributed by atoms with Gasteiger partial charge in [0.2, 0.25) is 5.91 Å². The van der Waals surface area contributed by atoms with Crippen LogP contribution in [0.2, 0.25) is 0 Å². The molecule has 1 aliphatic rings. The molecule has 1 amide bonds. The first kappa shape index (κ1) is 16.7. The van der Waals surface area contributed by atoms with Gasteiger partial charge in [0.05, 0.1) is 11.6 Å². The van der Waals surface area contributed by atoms with Gasteiger partial charge in [-0.1, -0.05) is 35.5 Å². The minimum Gasteiger partial charge on any atom is -0.361 e. The van der Waals surface area contributed by atoms with Gasteiger partial charge < -0.3 is 9.84 Å². The first-order valence-electron chi connectivity index (χ1n) is 8.59. The van der Waals surface area contributed by atoms with E-state index >= 15 is 0 Å². The monoisotopic (exact) mass is 327 g/mol. The van der Waals surface area contributed by atoms with Crippen LogP contribution in [0, 0.1) is 19.8 Å². The Morgan fingerprint density at radius 2 is 2.12 bits per heavy atom. The average molecular weight is 327 g/mol. The lowest BCUT2D eigenvalue weighted by Gasteiger charge is -2.32. The molecule has 5 nitrogen and oxygen atoms in total. The van der Waals surface area contributed by atoms with Crippen molar-refractivity contribution in [2.24, 2.45) is 5.92 Å². The molecule has 2 aromatic rings. The average Bonchev–Trinajstić information content (AvgIpc) is 2.92. The summed E-state index contributed by atoms with van der Waals surface area (Å²) >= 11 is 0. The summed E-state index contributed by atoms with van der Waals surface area (Å²) in [5, 5.41) is 6.99. The third-order valence-corrected chi connectivity index (χ3v) is 4.75.